The fraction of sp³-hybridized carbons (Fsp3) is 0.273. The second-order valence-electron chi connectivity index (χ2n) is 7.28. The maximum atomic E-state index is 14.2. The van der Waals surface area contributed by atoms with Gasteiger partial charge in [-0.05, 0) is 24.6 Å². The molecule has 0 bridgehead atoms. The van der Waals surface area contributed by atoms with E-state index in [1.807, 2.05) is 0 Å². The van der Waals surface area contributed by atoms with Gasteiger partial charge in [-0.2, -0.15) is 0 Å². The predicted octanol–water partition coefficient (Wildman–Crippen LogP) is 2.94. The molecule has 1 unspecified atom stereocenters. The van der Waals surface area contributed by atoms with E-state index in [0.29, 0.717) is 11.1 Å². The molecule has 2 aromatic carbocycles. The number of para-hydroxylation sites is 1. The fourth-order valence-corrected chi connectivity index (χ4v) is 5.63. The number of fused-ring (bicyclic) bond motifs is 1. The van der Waals surface area contributed by atoms with Gasteiger partial charge >= 0.3 is 5.63 Å². The number of hydrogen-bond acceptors (Lipinski definition) is 6. The summed E-state index contributed by atoms with van der Waals surface area (Å²) in [6.45, 7) is -0.0334. The molecule has 9 heteroatoms. The summed E-state index contributed by atoms with van der Waals surface area (Å²) < 4.78 is 50.3. The third-order valence-electron chi connectivity index (χ3n) is 5.45. The molecule has 1 fully saturated rings. The van der Waals surface area contributed by atoms with E-state index < -0.39 is 32.4 Å². The monoisotopic (exact) mass is 445 g/mol. The van der Waals surface area contributed by atoms with Gasteiger partial charge in [-0.3, -0.25) is 4.79 Å². The molecule has 2 heterocycles. The fourth-order valence-electron chi connectivity index (χ4n) is 3.83. The first-order valence-corrected chi connectivity index (χ1v) is 11.4. The number of carbonyl (C=O) groups excluding carboxylic acids is 1. The van der Waals surface area contributed by atoms with Crippen LogP contribution < -0.4 is 10.4 Å². The summed E-state index contributed by atoms with van der Waals surface area (Å²) in [5.74, 6) is -1.19. The Balaban J connectivity index is 1.65. The van der Waals surface area contributed by atoms with Crippen LogP contribution >= 0.6 is 0 Å². The zero-order chi connectivity index (χ0) is 22.2. The van der Waals surface area contributed by atoms with Crippen molar-refractivity contribution in [2.75, 3.05) is 26.0 Å². The molecular weight excluding hydrogens is 425 g/mol. The van der Waals surface area contributed by atoms with Gasteiger partial charge in [0.1, 0.15) is 11.4 Å². The van der Waals surface area contributed by atoms with Gasteiger partial charge in [0.25, 0.3) is 5.91 Å². The number of ether oxygens (including phenoxy) is 1. The summed E-state index contributed by atoms with van der Waals surface area (Å²) in [4.78, 5) is 26.9. The van der Waals surface area contributed by atoms with Crippen molar-refractivity contribution in [2.24, 2.45) is 0 Å². The Morgan fingerprint density at radius 2 is 1.94 bits per heavy atom. The molecule has 1 saturated heterocycles. The predicted molar refractivity (Wildman–Crippen MR) is 112 cm³/mol. The van der Waals surface area contributed by atoms with Gasteiger partial charge in [0.2, 0.25) is 0 Å². The van der Waals surface area contributed by atoms with Crippen LogP contribution in [-0.2, 0) is 9.84 Å². The van der Waals surface area contributed by atoms with Crippen LogP contribution in [-0.4, -0.2) is 45.2 Å². The smallest absolute Gasteiger partial charge is 0.349 e. The summed E-state index contributed by atoms with van der Waals surface area (Å²) in [6.07, 6.45) is 0.0295. The Kier molecular flexibility index (Phi) is 5.53. The second kappa shape index (κ2) is 8.14. The lowest BCUT2D eigenvalue weighted by Gasteiger charge is -2.19. The standard InChI is InChI=1S/C22H20FNO6S/c1-29-18-8-4-5-14-13-16(22(26)30-20(14)18)21(25)24-10-9-19(31(27,28)12-11-24)15-6-2-3-7-17(15)23/h2-8,13,19H,9-12H2,1H3. The molecule has 1 aromatic heterocycles. The van der Waals surface area contributed by atoms with Crippen LogP contribution in [0.4, 0.5) is 4.39 Å². The minimum atomic E-state index is -3.69. The van der Waals surface area contributed by atoms with Gasteiger partial charge in [-0.15, -0.1) is 0 Å². The molecule has 1 amide bonds. The highest BCUT2D eigenvalue weighted by Gasteiger charge is 2.35. The molecule has 162 valence electrons. The first-order chi connectivity index (χ1) is 14.8. The number of benzene rings is 2. The number of nitrogens with zero attached hydrogens (tertiary/aromatic N) is 1. The Bertz CT molecular complexity index is 1320. The van der Waals surface area contributed by atoms with Crippen LogP contribution in [0, 0.1) is 5.82 Å². The molecule has 31 heavy (non-hydrogen) atoms. The van der Waals surface area contributed by atoms with Crippen LogP contribution in [0.15, 0.2) is 57.7 Å². The Hall–Kier alpha value is -3.20. The van der Waals surface area contributed by atoms with E-state index in [4.69, 9.17) is 9.15 Å². The number of hydrogen-bond donors (Lipinski definition) is 0. The minimum Gasteiger partial charge on any atom is -0.493 e. The highest BCUT2D eigenvalue weighted by Crippen LogP contribution is 2.31. The zero-order valence-electron chi connectivity index (χ0n) is 16.7. The number of rotatable bonds is 3. The maximum absolute atomic E-state index is 14.2. The first kappa shape index (κ1) is 21.0. The second-order valence-corrected chi connectivity index (χ2v) is 9.59. The molecule has 0 aliphatic carbocycles. The summed E-state index contributed by atoms with van der Waals surface area (Å²) in [5, 5.41) is -0.544. The minimum absolute atomic E-state index is 0.0295. The van der Waals surface area contributed by atoms with E-state index in [1.165, 1.54) is 36.3 Å². The van der Waals surface area contributed by atoms with Gasteiger partial charge in [0, 0.05) is 24.0 Å². The molecule has 1 aliphatic heterocycles. The van der Waals surface area contributed by atoms with E-state index in [2.05, 4.69) is 0 Å². The van der Waals surface area contributed by atoms with Crippen molar-refractivity contribution in [2.45, 2.75) is 11.7 Å². The van der Waals surface area contributed by atoms with Gasteiger partial charge in [0.05, 0.1) is 18.1 Å². The lowest BCUT2D eigenvalue weighted by atomic mass is 10.1. The molecule has 7 nitrogen and oxygen atoms in total. The normalized spacial score (nSPS) is 18.5. The lowest BCUT2D eigenvalue weighted by molar-refractivity contribution is 0.0762. The molecule has 4 rings (SSSR count). The summed E-state index contributed by atoms with van der Waals surface area (Å²) in [5.41, 5.74) is -0.707. The molecule has 0 saturated carbocycles. The molecular formula is C22H20FNO6S. The summed E-state index contributed by atoms with van der Waals surface area (Å²) in [6, 6.07) is 12.2. The molecule has 0 radical (unpaired) electrons. The summed E-state index contributed by atoms with van der Waals surface area (Å²) >= 11 is 0. The topological polar surface area (TPSA) is 93.9 Å². The van der Waals surface area contributed by atoms with Gasteiger partial charge in [-0.1, -0.05) is 30.3 Å². The number of sulfone groups is 1. The molecule has 3 aromatic rings. The van der Waals surface area contributed by atoms with Gasteiger partial charge < -0.3 is 14.1 Å². The highest BCUT2D eigenvalue weighted by atomic mass is 32.2. The van der Waals surface area contributed by atoms with Crippen molar-refractivity contribution in [3.8, 4) is 5.75 Å². The molecule has 1 aliphatic rings. The lowest BCUT2D eigenvalue weighted by Crippen LogP contribution is -2.36. The van der Waals surface area contributed by atoms with Crippen LogP contribution in [0.2, 0.25) is 0 Å². The van der Waals surface area contributed by atoms with Gasteiger partial charge in [0.15, 0.2) is 21.2 Å². The third-order valence-corrected chi connectivity index (χ3v) is 7.56. The van der Waals surface area contributed by atoms with Gasteiger partial charge in [-0.25, -0.2) is 17.6 Å². The van der Waals surface area contributed by atoms with Crippen LogP contribution in [0.5, 0.6) is 5.75 Å². The molecule has 1 atom stereocenters. The zero-order valence-corrected chi connectivity index (χ0v) is 17.5. The molecule has 0 spiro atoms. The Labute approximate surface area is 178 Å². The van der Waals surface area contributed by atoms with Crippen molar-refractivity contribution in [3.05, 3.63) is 75.9 Å². The van der Waals surface area contributed by atoms with Crippen molar-refractivity contribution in [1.82, 2.24) is 4.90 Å². The van der Waals surface area contributed by atoms with E-state index in [0.717, 1.165) is 0 Å². The number of halogens is 1. The van der Waals surface area contributed by atoms with Crippen LogP contribution in [0.3, 0.4) is 0 Å². The van der Waals surface area contributed by atoms with E-state index in [-0.39, 0.29) is 42.0 Å². The average Bonchev–Trinajstić information content (AvgIpc) is 2.91. The number of carbonyl (C=O) groups is 1. The van der Waals surface area contributed by atoms with Crippen LogP contribution in [0.25, 0.3) is 11.0 Å². The van der Waals surface area contributed by atoms with Crippen molar-refractivity contribution < 1.29 is 26.8 Å². The average molecular weight is 445 g/mol. The maximum Gasteiger partial charge on any atom is 0.349 e. The number of methoxy groups -OCH3 is 1. The Morgan fingerprint density at radius 3 is 2.68 bits per heavy atom. The largest absolute Gasteiger partial charge is 0.493 e. The Morgan fingerprint density at radius 1 is 1.16 bits per heavy atom. The van der Waals surface area contributed by atoms with Crippen molar-refractivity contribution in [3.63, 3.8) is 0 Å². The van der Waals surface area contributed by atoms with Crippen molar-refractivity contribution in [1.29, 1.82) is 0 Å². The van der Waals surface area contributed by atoms with Crippen LogP contribution in [0.1, 0.15) is 27.6 Å². The number of amides is 1. The van der Waals surface area contributed by atoms with E-state index in [9.17, 15) is 22.4 Å². The van der Waals surface area contributed by atoms with Crippen molar-refractivity contribution >= 4 is 26.7 Å². The third kappa shape index (κ3) is 3.93. The molecule has 0 N–H and O–H groups in total. The highest BCUT2D eigenvalue weighted by molar-refractivity contribution is 7.91. The van der Waals surface area contributed by atoms with E-state index in [1.54, 1.807) is 24.3 Å². The first-order valence-electron chi connectivity index (χ1n) is 9.68. The quantitative estimate of drug-likeness (QED) is 0.576. The summed E-state index contributed by atoms with van der Waals surface area (Å²) in [7, 11) is -2.25. The SMILES string of the molecule is COc1cccc2cc(C(=O)N3CCC(c4ccccc4F)S(=O)(=O)CC3)c(=O)oc12. The van der Waals surface area contributed by atoms with E-state index >= 15 is 0 Å².